The van der Waals surface area contributed by atoms with E-state index >= 15 is 0 Å². The van der Waals surface area contributed by atoms with E-state index in [0.717, 1.165) is 12.0 Å². The smallest absolute Gasteiger partial charge is 0.319 e. The van der Waals surface area contributed by atoms with Crippen molar-refractivity contribution in [1.82, 2.24) is 15.5 Å². The molecule has 0 aromatic heterocycles. The molecule has 0 radical (unpaired) electrons. The van der Waals surface area contributed by atoms with Crippen LogP contribution in [-0.4, -0.2) is 52.5 Å². The molecule has 3 atom stereocenters. The van der Waals surface area contributed by atoms with Crippen LogP contribution in [0.25, 0.3) is 0 Å². The number of nitrogens with zero attached hydrogens (tertiary/aromatic N) is 1. The van der Waals surface area contributed by atoms with Gasteiger partial charge in [-0.3, -0.25) is 9.59 Å². The van der Waals surface area contributed by atoms with Gasteiger partial charge in [0.2, 0.25) is 11.8 Å². The Morgan fingerprint density at radius 1 is 1.10 bits per heavy atom. The molecule has 0 bridgehead atoms. The van der Waals surface area contributed by atoms with Crippen molar-refractivity contribution in [3.63, 3.8) is 0 Å². The van der Waals surface area contributed by atoms with E-state index in [1.54, 1.807) is 29.2 Å². The van der Waals surface area contributed by atoms with Gasteiger partial charge in [0.15, 0.2) is 0 Å². The van der Waals surface area contributed by atoms with Crippen molar-refractivity contribution in [2.45, 2.75) is 44.3 Å². The van der Waals surface area contributed by atoms with Crippen molar-refractivity contribution in [3.05, 3.63) is 59.7 Å². The van der Waals surface area contributed by atoms with Gasteiger partial charge >= 0.3 is 6.03 Å². The Morgan fingerprint density at radius 3 is 2.45 bits per heavy atom. The Kier molecular flexibility index (Phi) is 5.79. The number of anilines is 1. The minimum atomic E-state index is -0.655. The Labute approximate surface area is 180 Å². The molecule has 2 saturated heterocycles. The SMILES string of the molecule is CCc1ccc(NC(=O)N[C@H]2C[C@H]3C(=O)N[C@@H](Cc4ccc(O)cc4)C(=O)N3C2)cc1. The van der Waals surface area contributed by atoms with Gasteiger partial charge in [-0.15, -0.1) is 0 Å². The second-order valence-electron chi connectivity index (χ2n) is 8.02. The van der Waals surface area contributed by atoms with Crippen LogP contribution in [-0.2, 0) is 22.4 Å². The highest BCUT2D eigenvalue weighted by Crippen LogP contribution is 2.24. The molecule has 2 aliphatic rings. The van der Waals surface area contributed by atoms with E-state index < -0.39 is 12.1 Å². The second-order valence-corrected chi connectivity index (χ2v) is 8.02. The normalized spacial score (nSPS) is 22.6. The van der Waals surface area contributed by atoms with Crippen LogP contribution in [0.1, 0.15) is 24.5 Å². The van der Waals surface area contributed by atoms with Crippen molar-refractivity contribution in [2.75, 3.05) is 11.9 Å². The highest BCUT2D eigenvalue weighted by atomic mass is 16.3. The summed E-state index contributed by atoms with van der Waals surface area (Å²) >= 11 is 0. The number of carbonyl (C=O) groups is 3. The van der Waals surface area contributed by atoms with Crippen molar-refractivity contribution in [1.29, 1.82) is 0 Å². The number of phenols is 1. The van der Waals surface area contributed by atoms with Gasteiger partial charge in [0.1, 0.15) is 17.8 Å². The lowest BCUT2D eigenvalue weighted by Crippen LogP contribution is -2.61. The van der Waals surface area contributed by atoms with Crippen molar-refractivity contribution in [3.8, 4) is 5.75 Å². The number of nitrogens with one attached hydrogen (secondary N) is 3. The van der Waals surface area contributed by atoms with Crippen LogP contribution < -0.4 is 16.0 Å². The monoisotopic (exact) mass is 422 g/mol. The molecule has 0 spiro atoms. The zero-order chi connectivity index (χ0) is 22.0. The first-order valence-corrected chi connectivity index (χ1v) is 10.5. The molecule has 2 aromatic carbocycles. The summed E-state index contributed by atoms with van der Waals surface area (Å²) in [5.41, 5.74) is 2.72. The summed E-state index contributed by atoms with van der Waals surface area (Å²) in [6.07, 6.45) is 1.65. The third kappa shape index (κ3) is 4.63. The molecule has 2 fully saturated rings. The molecular weight excluding hydrogens is 396 g/mol. The van der Waals surface area contributed by atoms with Gasteiger partial charge in [-0.1, -0.05) is 31.2 Å². The molecule has 8 heteroatoms. The van der Waals surface area contributed by atoms with E-state index in [4.69, 9.17) is 0 Å². The van der Waals surface area contributed by atoms with Crippen molar-refractivity contribution in [2.24, 2.45) is 0 Å². The molecule has 4 rings (SSSR count). The fourth-order valence-electron chi connectivity index (χ4n) is 4.14. The summed E-state index contributed by atoms with van der Waals surface area (Å²) in [6.45, 7) is 2.36. The number of hydrogen-bond acceptors (Lipinski definition) is 4. The molecular formula is C23H26N4O4. The summed E-state index contributed by atoms with van der Waals surface area (Å²) in [6, 6.07) is 12.3. The first-order valence-electron chi connectivity index (χ1n) is 10.5. The predicted molar refractivity (Wildman–Crippen MR) is 116 cm³/mol. The molecule has 2 heterocycles. The lowest BCUT2D eigenvalue weighted by atomic mass is 10.0. The molecule has 0 aliphatic carbocycles. The van der Waals surface area contributed by atoms with Gasteiger partial charge in [0.05, 0.1) is 6.04 Å². The summed E-state index contributed by atoms with van der Waals surface area (Å²) in [7, 11) is 0. The van der Waals surface area contributed by atoms with E-state index in [9.17, 15) is 19.5 Å². The Hall–Kier alpha value is -3.55. The summed E-state index contributed by atoms with van der Waals surface area (Å²) < 4.78 is 0. The lowest BCUT2D eigenvalue weighted by molar-refractivity contribution is -0.147. The Balaban J connectivity index is 1.35. The van der Waals surface area contributed by atoms with Gasteiger partial charge in [0.25, 0.3) is 0 Å². The maximum Gasteiger partial charge on any atom is 0.319 e. The average Bonchev–Trinajstić information content (AvgIpc) is 3.18. The zero-order valence-electron chi connectivity index (χ0n) is 17.3. The molecule has 4 amide bonds. The maximum absolute atomic E-state index is 12.9. The number of rotatable bonds is 5. The Bertz CT molecular complexity index is 974. The second kappa shape index (κ2) is 8.67. The lowest BCUT2D eigenvalue weighted by Gasteiger charge is -2.34. The number of carbonyl (C=O) groups excluding carboxylic acids is 3. The predicted octanol–water partition coefficient (Wildman–Crippen LogP) is 1.79. The molecule has 2 aromatic rings. The number of fused-ring (bicyclic) bond motifs is 1. The third-order valence-electron chi connectivity index (χ3n) is 5.83. The molecule has 162 valence electrons. The number of hydrogen-bond donors (Lipinski definition) is 4. The Morgan fingerprint density at radius 2 is 1.77 bits per heavy atom. The number of aryl methyl sites for hydroxylation is 1. The quantitative estimate of drug-likeness (QED) is 0.589. The molecule has 8 nitrogen and oxygen atoms in total. The molecule has 2 aliphatic heterocycles. The van der Waals surface area contributed by atoms with Gasteiger partial charge in [-0.2, -0.15) is 0 Å². The fourth-order valence-corrected chi connectivity index (χ4v) is 4.14. The van der Waals surface area contributed by atoms with Crippen LogP contribution in [0.4, 0.5) is 10.5 Å². The third-order valence-corrected chi connectivity index (χ3v) is 5.83. The van der Waals surface area contributed by atoms with Crippen LogP contribution in [0, 0.1) is 0 Å². The fraction of sp³-hybridized carbons (Fsp3) is 0.348. The highest BCUT2D eigenvalue weighted by molar-refractivity contribution is 5.98. The number of piperazine rings is 1. The minimum absolute atomic E-state index is 0.149. The van der Waals surface area contributed by atoms with Crippen molar-refractivity contribution < 1.29 is 19.5 Å². The summed E-state index contributed by atoms with van der Waals surface area (Å²) in [4.78, 5) is 39.5. The van der Waals surface area contributed by atoms with E-state index in [-0.39, 0.29) is 29.6 Å². The maximum atomic E-state index is 12.9. The highest BCUT2D eigenvalue weighted by Gasteiger charge is 2.46. The van der Waals surface area contributed by atoms with Gasteiger partial charge in [-0.05, 0) is 48.2 Å². The first-order chi connectivity index (χ1) is 14.9. The number of phenolic OH excluding ortho intramolecular Hbond substituents is 1. The summed E-state index contributed by atoms with van der Waals surface area (Å²) in [5, 5.41) is 17.9. The van der Waals surface area contributed by atoms with Gasteiger partial charge in [-0.25, -0.2) is 4.79 Å². The van der Waals surface area contributed by atoms with E-state index in [1.165, 1.54) is 5.56 Å². The largest absolute Gasteiger partial charge is 0.508 e. The van der Waals surface area contributed by atoms with E-state index in [1.807, 2.05) is 24.3 Å². The number of urea groups is 1. The van der Waals surface area contributed by atoms with Gasteiger partial charge < -0.3 is 26.0 Å². The number of aromatic hydroxyl groups is 1. The summed E-state index contributed by atoms with van der Waals surface area (Å²) in [5.74, 6) is -0.211. The number of amides is 4. The topological polar surface area (TPSA) is 111 Å². The van der Waals surface area contributed by atoms with Crippen LogP contribution in [0.3, 0.4) is 0 Å². The molecule has 0 unspecified atom stereocenters. The van der Waals surface area contributed by atoms with E-state index in [0.29, 0.717) is 25.1 Å². The zero-order valence-corrected chi connectivity index (χ0v) is 17.3. The van der Waals surface area contributed by atoms with Crippen LogP contribution in [0.15, 0.2) is 48.5 Å². The van der Waals surface area contributed by atoms with Crippen molar-refractivity contribution >= 4 is 23.5 Å². The standard InChI is InChI=1S/C23H26N4O4/c1-2-14-3-7-16(8-4-14)24-23(31)25-17-12-20-21(29)26-19(22(30)27(20)13-17)11-15-5-9-18(28)10-6-15/h3-10,17,19-20,28H,2,11-13H2,1H3,(H,26,29)(H2,24,25,31)/t17-,19-,20-/m0/s1. The van der Waals surface area contributed by atoms with Gasteiger partial charge in [0, 0.05) is 18.7 Å². The number of benzene rings is 2. The van der Waals surface area contributed by atoms with Crippen LogP contribution >= 0.6 is 0 Å². The van der Waals surface area contributed by atoms with Crippen LogP contribution in [0.2, 0.25) is 0 Å². The average molecular weight is 422 g/mol. The van der Waals surface area contributed by atoms with Crippen LogP contribution in [0.5, 0.6) is 5.75 Å². The first kappa shape index (κ1) is 20.7. The van der Waals surface area contributed by atoms with E-state index in [2.05, 4.69) is 22.9 Å². The molecule has 0 saturated carbocycles. The minimum Gasteiger partial charge on any atom is -0.508 e. The molecule has 4 N–H and O–H groups in total. The molecule has 31 heavy (non-hydrogen) atoms.